The van der Waals surface area contributed by atoms with E-state index in [1.54, 1.807) is 49.1 Å². The van der Waals surface area contributed by atoms with E-state index in [1.165, 1.54) is 10.7 Å². The van der Waals surface area contributed by atoms with Crippen LogP contribution in [0.3, 0.4) is 0 Å². The summed E-state index contributed by atoms with van der Waals surface area (Å²) in [7, 11) is 0. The topological polar surface area (TPSA) is 68.5 Å². The van der Waals surface area contributed by atoms with Gasteiger partial charge in [-0.1, -0.05) is 18.2 Å². The molecule has 4 rings (SSSR count). The van der Waals surface area contributed by atoms with Crippen LogP contribution in [0.4, 0.5) is 10.3 Å². The van der Waals surface area contributed by atoms with Crippen molar-refractivity contribution < 1.29 is 4.39 Å². The van der Waals surface area contributed by atoms with Crippen molar-refractivity contribution in [2.45, 2.75) is 19.4 Å². The Hall–Kier alpha value is -3.61. The summed E-state index contributed by atoms with van der Waals surface area (Å²) in [6.45, 7) is 2.07. The molecule has 3 aromatic heterocycles. The van der Waals surface area contributed by atoms with Gasteiger partial charge in [-0.25, -0.2) is 19.0 Å². The highest BCUT2D eigenvalue weighted by Crippen LogP contribution is 2.20. The van der Waals surface area contributed by atoms with Gasteiger partial charge in [-0.3, -0.25) is 4.98 Å². The molecule has 140 valence electrons. The smallest absolute Gasteiger partial charge is 0.223 e. The van der Waals surface area contributed by atoms with Crippen LogP contribution in [-0.4, -0.2) is 30.8 Å². The molecule has 0 spiro atoms. The quantitative estimate of drug-likeness (QED) is 0.554. The third-order valence-electron chi connectivity index (χ3n) is 4.27. The van der Waals surface area contributed by atoms with Gasteiger partial charge in [0.2, 0.25) is 5.95 Å². The zero-order valence-electron chi connectivity index (χ0n) is 15.3. The summed E-state index contributed by atoms with van der Waals surface area (Å²) in [6.07, 6.45) is 9.54. The van der Waals surface area contributed by atoms with Gasteiger partial charge in [-0.15, -0.1) is 0 Å². The third kappa shape index (κ3) is 4.03. The Kier molecular flexibility index (Phi) is 5.05. The normalized spacial score (nSPS) is 11.9. The van der Waals surface area contributed by atoms with Crippen molar-refractivity contribution in [2.24, 2.45) is 0 Å². The molecule has 0 bridgehead atoms. The Morgan fingerprint density at radius 2 is 1.96 bits per heavy atom. The number of hydrogen-bond acceptors (Lipinski definition) is 5. The van der Waals surface area contributed by atoms with Gasteiger partial charge in [-0.05, 0) is 43.2 Å². The molecular weight excluding hydrogens is 355 g/mol. The van der Waals surface area contributed by atoms with Gasteiger partial charge >= 0.3 is 0 Å². The van der Waals surface area contributed by atoms with E-state index < -0.39 is 0 Å². The van der Waals surface area contributed by atoms with Crippen LogP contribution in [0.15, 0.2) is 73.4 Å². The summed E-state index contributed by atoms with van der Waals surface area (Å²) < 4.78 is 15.5. The molecule has 1 atom stereocenters. The highest BCUT2D eigenvalue weighted by molar-refractivity contribution is 5.59. The summed E-state index contributed by atoms with van der Waals surface area (Å²) in [6, 6.07) is 12.4. The predicted molar refractivity (Wildman–Crippen MR) is 106 cm³/mol. The molecule has 3 heterocycles. The van der Waals surface area contributed by atoms with Crippen molar-refractivity contribution in [1.82, 2.24) is 24.7 Å². The lowest BCUT2D eigenvalue weighted by atomic mass is 10.1. The van der Waals surface area contributed by atoms with E-state index >= 15 is 0 Å². The largest absolute Gasteiger partial charge is 0.351 e. The van der Waals surface area contributed by atoms with Crippen LogP contribution in [0.5, 0.6) is 0 Å². The maximum Gasteiger partial charge on any atom is 0.223 e. The van der Waals surface area contributed by atoms with Gasteiger partial charge < -0.3 is 5.32 Å². The third-order valence-corrected chi connectivity index (χ3v) is 4.27. The van der Waals surface area contributed by atoms with Crippen LogP contribution in [0.2, 0.25) is 0 Å². The summed E-state index contributed by atoms with van der Waals surface area (Å²) in [4.78, 5) is 13.0. The first-order valence-electron chi connectivity index (χ1n) is 8.97. The zero-order valence-corrected chi connectivity index (χ0v) is 15.3. The van der Waals surface area contributed by atoms with Crippen molar-refractivity contribution in [3.8, 4) is 16.9 Å². The van der Waals surface area contributed by atoms with Crippen molar-refractivity contribution in [1.29, 1.82) is 0 Å². The number of pyridine rings is 1. The molecule has 0 aliphatic carbocycles. The van der Waals surface area contributed by atoms with E-state index in [9.17, 15) is 4.39 Å². The minimum absolute atomic E-state index is 0.139. The van der Waals surface area contributed by atoms with E-state index in [0.29, 0.717) is 17.3 Å². The molecule has 4 aromatic rings. The average molecular weight is 374 g/mol. The molecule has 1 aromatic carbocycles. The first kappa shape index (κ1) is 17.8. The minimum Gasteiger partial charge on any atom is -0.351 e. The predicted octanol–water partition coefficient (Wildman–Crippen LogP) is 3.91. The first-order valence-corrected chi connectivity index (χ1v) is 8.97. The van der Waals surface area contributed by atoms with Crippen molar-refractivity contribution in [3.05, 3.63) is 84.8 Å². The number of rotatable bonds is 6. The monoisotopic (exact) mass is 374 g/mol. The summed E-state index contributed by atoms with van der Waals surface area (Å²) in [5.74, 6) is 0.207. The van der Waals surface area contributed by atoms with E-state index in [0.717, 1.165) is 17.5 Å². The lowest BCUT2D eigenvalue weighted by molar-refractivity contribution is 0.611. The van der Waals surface area contributed by atoms with Gasteiger partial charge in [0.05, 0.1) is 11.9 Å². The van der Waals surface area contributed by atoms with Crippen molar-refractivity contribution in [2.75, 3.05) is 5.32 Å². The van der Waals surface area contributed by atoms with Crippen molar-refractivity contribution in [3.63, 3.8) is 0 Å². The SMILES string of the molecule is C[C@@H](Cc1cccnc1)Nc1nccc(-c2cnn(-c3ccccc3F)c2)n1. The summed E-state index contributed by atoms with van der Waals surface area (Å²) >= 11 is 0. The van der Waals surface area contributed by atoms with Gasteiger partial charge in [0.25, 0.3) is 0 Å². The highest BCUT2D eigenvalue weighted by atomic mass is 19.1. The van der Waals surface area contributed by atoms with Gasteiger partial charge in [0.1, 0.15) is 11.5 Å². The van der Waals surface area contributed by atoms with E-state index in [-0.39, 0.29) is 11.9 Å². The molecule has 0 saturated heterocycles. The number of benzene rings is 1. The molecule has 0 amide bonds. The van der Waals surface area contributed by atoms with Gasteiger partial charge in [0.15, 0.2) is 0 Å². The minimum atomic E-state index is -0.327. The van der Waals surface area contributed by atoms with Crippen LogP contribution in [0.25, 0.3) is 16.9 Å². The van der Waals surface area contributed by atoms with E-state index in [2.05, 4.69) is 32.3 Å². The fourth-order valence-electron chi connectivity index (χ4n) is 2.96. The number of para-hydroxylation sites is 1. The Labute approximate surface area is 162 Å². The fourth-order valence-corrected chi connectivity index (χ4v) is 2.96. The number of halogens is 1. The van der Waals surface area contributed by atoms with Crippen LogP contribution in [-0.2, 0) is 6.42 Å². The molecule has 1 N–H and O–H groups in total. The van der Waals surface area contributed by atoms with Crippen LogP contribution < -0.4 is 5.32 Å². The van der Waals surface area contributed by atoms with Crippen LogP contribution >= 0.6 is 0 Å². The summed E-state index contributed by atoms with van der Waals surface area (Å²) in [5.41, 5.74) is 3.04. The highest BCUT2D eigenvalue weighted by Gasteiger charge is 2.10. The molecule has 0 unspecified atom stereocenters. The molecule has 0 radical (unpaired) electrons. The van der Waals surface area contributed by atoms with Crippen molar-refractivity contribution >= 4 is 5.95 Å². The van der Waals surface area contributed by atoms with Crippen LogP contribution in [0, 0.1) is 5.82 Å². The molecule has 0 aliphatic rings. The molecule has 6 nitrogen and oxygen atoms in total. The number of anilines is 1. The summed E-state index contributed by atoms with van der Waals surface area (Å²) in [5, 5.41) is 7.57. The Morgan fingerprint density at radius 3 is 2.79 bits per heavy atom. The molecular formula is C21H19FN6. The fraction of sp³-hybridized carbons (Fsp3) is 0.143. The Balaban J connectivity index is 1.50. The zero-order chi connectivity index (χ0) is 19.3. The van der Waals surface area contributed by atoms with Gasteiger partial charge in [0, 0.05) is 36.4 Å². The van der Waals surface area contributed by atoms with Crippen LogP contribution in [0.1, 0.15) is 12.5 Å². The number of hydrogen-bond donors (Lipinski definition) is 1. The second-order valence-electron chi connectivity index (χ2n) is 6.50. The Morgan fingerprint density at radius 1 is 1.07 bits per heavy atom. The maximum absolute atomic E-state index is 14.0. The molecule has 7 heteroatoms. The number of nitrogens with zero attached hydrogens (tertiary/aromatic N) is 5. The number of nitrogens with one attached hydrogen (secondary N) is 1. The lowest BCUT2D eigenvalue weighted by Crippen LogP contribution is -2.19. The van der Waals surface area contributed by atoms with Gasteiger partial charge in [-0.2, -0.15) is 5.10 Å². The molecule has 0 saturated carbocycles. The maximum atomic E-state index is 14.0. The first-order chi connectivity index (χ1) is 13.7. The molecule has 0 fully saturated rings. The standard InChI is InChI=1S/C21H19FN6/c1-15(11-16-5-4-9-23-12-16)26-21-24-10-8-19(27-21)17-13-25-28(14-17)20-7-3-2-6-18(20)22/h2-10,12-15H,11H2,1H3,(H,24,26,27)/t15-/m0/s1. The number of aromatic nitrogens is 5. The lowest BCUT2D eigenvalue weighted by Gasteiger charge is -2.13. The van der Waals surface area contributed by atoms with E-state index in [1.807, 2.05) is 18.3 Å². The molecule has 0 aliphatic heterocycles. The molecule has 28 heavy (non-hydrogen) atoms. The Bertz CT molecular complexity index is 1060. The second-order valence-corrected chi connectivity index (χ2v) is 6.50. The van der Waals surface area contributed by atoms with E-state index in [4.69, 9.17) is 0 Å². The second kappa shape index (κ2) is 7.96. The average Bonchev–Trinajstić information content (AvgIpc) is 3.19.